The Hall–Kier alpha value is -2.67. The number of hydrogen-bond donors (Lipinski definition) is 0. The average Bonchev–Trinajstić information content (AvgIpc) is 3.35. The molecule has 0 N–H and O–H groups in total. The van der Waals surface area contributed by atoms with E-state index in [-0.39, 0.29) is 5.91 Å². The molecular formula is C26H22ClN3OS2. The molecule has 7 heteroatoms. The van der Waals surface area contributed by atoms with E-state index in [2.05, 4.69) is 59.3 Å². The van der Waals surface area contributed by atoms with Gasteiger partial charge in [-0.05, 0) is 66.7 Å². The van der Waals surface area contributed by atoms with E-state index in [4.69, 9.17) is 11.6 Å². The lowest BCUT2D eigenvalue weighted by atomic mass is 10.1. The lowest BCUT2D eigenvalue weighted by molar-refractivity contribution is -0.122. The van der Waals surface area contributed by atoms with Crippen LogP contribution in [0.25, 0.3) is 10.8 Å². The number of hydrogen-bond acceptors (Lipinski definition) is 5. The summed E-state index contributed by atoms with van der Waals surface area (Å²) >= 11 is 9.42. The summed E-state index contributed by atoms with van der Waals surface area (Å²) in [5.74, 6) is -0.0286. The number of allylic oxidation sites excluding steroid dienone is 2. The number of amides is 1. The highest BCUT2D eigenvalue weighted by Crippen LogP contribution is 2.49. The van der Waals surface area contributed by atoms with Crippen LogP contribution in [0.5, 0.6) is 0 Å². The van der Waals surface area contributed by atoms with Gasteiger partial charge in [-0.15, -0.1) is 0 Å². The fourth-order valence-electron chi connectivity index (χ4n) is 3.96. The zero-order valence-corrected chi connectivity index (χ0v) is 20.7. The van der Waals surface area contributed by atoms with Gasteiger partial charge in [0, 0.05) is 18.0 Å². The van der Waals surface area contributed by atoms with Crippen molar-refractivity contribution >= 4 is 68.3 Å². The number of carbonyl (C=O) groups excluding carboxylic acids is 1. The predicted octanol–water partition coefficient (Wildman–Crippen LogP) is 7.43. The van der Waals surface area contributed by atoms with Gasteiger partial charge in [0.05, 0.1) is 26.3 Å². The topological polar surface area (TPSA) is 35.9 Å². The second-order valence-corrected chi connectivity index (χ2v) is 9.96. The van der Waals surface area contributed by atoms with Gasteiger partial charge < -0.3 is 4.90 Å². The van der Waals surface area contributed by atoms with Crippen LogP contribution in [-0.2, 0) is 4.79 Å². The summed E-state index contributed by atoms with van der Waals surface area (Å²) in [4.78, 5) is 23.6. The maximum absolute atomic E-state index is 13.0. The Labute approximate surface area is 207 Å². The van der Waals surface area contributed by atoms with Crippen LogP contribution in [-0.4, -0.2) is 29.1 Å². The smallest absolute Gasteiger partial charge is 0.266 e. The van der Waals surface area contributed by atoms with E-state index in [0.717, 1.165) is 11.6 Å². The zero-order valence-electron chi connectivity index (χ0n) is 18.3. The SMILES string of the molecule is CCN1C(=O)C(=CC=C2Sc3c(ccc4ccccc34)N2CC)SC1=Nc1ccccc1Cl. The Morgan fingerprint density at radius 3 is 2.45 bits per heavy atom. The number of amidine groups is 1. The molecule has 0 atom stereocenters. The second kappa shape index (κ2) is 9.29. The highest BCUT2D eigenvalue weighted by molar-refractivity contribution is 8.18. The van der Waals surface area contributed by atoms with Gasteiger partial charge in [0.15, 0.2) is 5.17 Å². The highest BCUT2D eigenvalue weighted by atomic mass is 35.5. The van der Waals surface area contributed by atoms with Crippen LogP contribution in [0.3, 0.4) is 0 Å². The lowest BCUT2D eigenvalue weighted by Gasteiger charge is -2.17. The van der Waals surface area contributed by atoms with Gasteiger partial charge in [-0.2, -0.15) is 0 Å². The zero-order chi connectivity index (χ0) is 22.9. The fourth-order valence-corrected chi connectivity index (χ4v) is 6.39. The van der Waals surface area contributed by atoms with Crippen LogP contribution in [0.15, 0.2) is 92.6 Å². The quantitative estimate of drug-likeness (QED) is 0.355. The van der Waals surface area contributed by atoms with Gasteiger partial charge in [-0.1, -0.05) is 65.8 Å². The Kier molecular flexibility index (Phi) is 6.23. The van der Waals surface area contributed by atoms with Crippen LogP contribution in [0.4, 0.5) is 11.4 Å². The molecule has 1 fully saturated rings. The first-order valence-corrected chi connectivity index (χ1v) is 12.8. The van der Waals surface area contributed by atoms with E-state index in [1.807, 2.05) is 31.2 Å². The molecule has 2 aliphatic rings. The molecule has 0 saturated carbocycles. The van der Waals surface area contributed by atoms with Crippen molar-refractivity contribution < 1.29 is 4.79 Å². The minimum Gasteiger partial charge on any atom is -0.335 e. The van der Waals surface area contributed by atoms with E-state index in [1.54, 1.807) is 22.7 Å². The monoisotopic (exact) mass is 491 g/mol. The normalized spacial score (nSPS) is 19.5. The van der Waals surface area contributed by atoms with Crippen LogP contribution < -0.4 is 4.90 Å². The standard InChI is InChI=1S/C26H22ClN3OS2/c1-3-29-21-14-13-17-9-5-6-10-18(17)24(21)33-23(29)16-15-22-25(31)30(4-2)26(32-22)28-20-12-8-7-11-19(20)27/h5-16H,3-4H2,1-2H3. The number of anilines is 1. The first kappa shape index (κ1) is 22.1. The number of aliphatic imine (C=N–C) groups is 1. The van der Waals surface area contributed by atoms with Crippen molar-refractivity contribution in [3.63, 3.8) is 0 Å². The Bertz CT molecular complexity index is 1350. The second-order valence-electron chi connectivity index (χ2n) is 7.51. The molecule has 5 rings (SSSR count). The van der Waals surface area contributed by atoms with Gasteiger partial charge in [0.2, 0.25) is 0 Å². The summed E-state index contributed by atoms with van der Waals surface area (Å²) in [7, 11) is 0. The summed E-state index contributed by atoms with van der Waals surface area (Å²) in [5, 5.41) is 4.83. The molecule has 2 heterocycles. The predicted molar refractivity (Wildman–Crippen MR) is 143 cm³/mol. The van der Waals surface area contributed by atoms with E-state index in [9.17, 15) is 4.79 Å². The molecule has 0 unspecified atom stereocenters. The van der Waals surface area contributed by atoms with Gasteiger partial charge in [0.25, 0.3) is 5.91 Å². The molecular weight excluding hydrogens is 470 g/mol. The van der Waals surface area contributed by atoms with Crippen molar-refractivity contribution in [1.82, 2.24) is 4.90 Å². The summed E-state index contributed by atoms with van der Waals surface area (Å²) < 4.78 is 0. The molecule has 1 saturated heterocycles. The minimum absolute atomic E-state index is 0.0286. The number of carbonyl (C=O) groups is 1. The number of halogens is 1. The van der Waals surface area contributed by atoms with Crippen molar-refractivity contribution in [2.75, 3.05) is 18.0 Å². The van der Waals surface area contributed by atoms with Crippen LogP contribution in [0.1, 0.15) is 13.8 Å². The van der Waals surface area contributed by atoms with E-state index < -0.39 is 0 Å². The molecule has 0 spiro atoms. The first-order chi connectivity index (χ1) is 16.1. The summed E-state index contributed by atoms with van der Waals surface area (Å²) in [6.07, 6.45) is 3.97. The van der Waals surface area contributed by atoms with Gasteiger partial charge in [-0.25, -0.2) is 4.99 Å². The third-order valence-electron chi connectivity index (χ3n) is 5.59. The molecule has 166 valence electrons. The molecule has 4 nitrogen and oxygen atoms in total. The van der Waals surface area contributed by atoms with Crippen LogP contribution >= 0.6 is 35.1 Å². The Morgan fingerprint density at radius 1 is 0.909 bits per heavy atom. The third kappa shape index (κ3) is 4.07. The molecule has 2 aliphatic heterocycles. The van der Waals surface area contributed by atoms with Crippen molar-refractivity contribution in [2.45, 2.75) is 18.7 Å². The number of fused-ring (bicyclic) bond motifs is 3. The van der Waals surface area contributed by atoms with Crippen molar-refractivity contribution in [1.29, 1.82) is 0 Å². The molecule has 0 aliphatic carbocycles. The molecule has 0 aromatic heterocycles. The lowest BCUT2D eigenvalue weighted by Crippen LogP contribution is -2.28. The van der Waals surface area contributed by atoms with Gasteiger partial charge in [0.1, 0.15) is 0 Å². The van der Waals surface area contributed by atoms with Crippen molar-refractivity contribution in [3.8, 4) is 0 Å². The summed E-state index contributed by atoms with van der Waals surface area (Å²) in [5.41, 5.74) is 1.88. The number of thioether (sulfide) groups is 2. The maximum Gasteiger partial charge on any atom is 0.266 e. The van der Waals surface area contributed by atoms with Gasteiger partial charge >= 0.3 is 0 Å². The van der Waals surface area contributed by atoms with Crippen molar-refractivity contribution in [2.24, 2.45) is 4.99 Å². The molecule has 3 aromatic carbocycles. The fraction of sp³-hybridized carbons (Fsp3) is 0.154. The van der Waals surface area contributed by atoms with Crippen molar-refractivity contribution in [3.05, 3.63) is 87.8 Å². The number of para-hydroxylation sites is 1. The third-order valence-corrected chi connectivity index (χ3v) is 8.13. The number of benzene rings is 3. The molecule has 3 aromatic rings. The molecule has 1 amide bonds. The summed E-state index contributed by atoms with van der Waals surface area (Å²) in [6, 6.07) is 20.2. The number of likely N-dealkylation sites (N-methyl/N-ethyl adjacent to an activating group) is 1. The minimum atomic E-state index is -0.0286. The molecule has 33 heavy (non-hydrogen) atoms. The van der Waals surface area contributed by atoms with E-state index in [0.29, 0.717) is 27.3 Å². The van der Waals surface area contributed by atoms with E-state index in [1.165, 1.54) is 33.1 Å². The highest BCUT2D eigenvalue weighted by Gasteiger charge is 2.32. The largest absolute Gasteiger partial charge is 0.335 e. The Morgan fingerprint density at radius 2 is 1.67 bits per heavy atom. The number of nitrogens with zero attached hydrogens (tertiary/aromatic N) is 3. The number of rotatable bonds is 4. The summed E-state index contributed by atoms with van der Waals surface area (Å²) in [6.45, 7) is 5.51. The van der Waals surface area contributed by atoms with Crippen LogP contribution in [0, 0.1) is 0 Å². The first-order valence-electron chi connectivity index (χ1n) is 10.8. The molecule has 0 radical (unpaired) electrons. The molecule has 0 bridgehead atoms. The van der Waals surface area contributed by atoms with E-state index >= 15 is 0 Å². The Balaban J connectivity index is 1.47. The van der Waals surface area contributed by atoms with Gasteiger partial charge in [-0.3, -0.25) is 9.69 Å². The maximum atomic E-state index is 13.0. The average molecular weight is 492 g/mol. The van der Waals surface area contributed by atoms with Crippen LogP contribution in [0.2, 0.25) is 5.02 Å².